The van der Waals surface area contributed by atoms with Gasteiger partial charge in [-0.2, -0.15) is 0 Å². The first-order valence-electron chi connectivity index (χ1n) is 23.4. The van der Waals surface area contributed by atoms with Gasteiger partial charge in [-0.05, 0) is 131 Å². The number of nitrogens with zero attached hydrogens (tertiary/aromatic N) is 2. The first-order chi connectivity index (χ1) is 32.1. The molecule has 66 heavy (non-hydrogen) atoms. The summed E-state index contributed by atoms with van der Waals surface area (Å²) < 4.78 is 13.9. The molecule has 0 saturated heterocycles. The van der Waals surface area contributed by atoms with Crippen LogP contribution in [0.2, 0.25) is 0 Å². The van der Waals surface area contributed by atoms with Crippen LogP contribution in [-0.2, 0) is 0 Å². The molecule has 4 nitrogen and oxygen atoms in total. The van der Waals surface area contributed by atoms with Gasteiger partial charge in [0.15, 0.2) is 11.2 Å². The van der Waals surface area contributed by atoms with Crippen molar-refractivity contribution in [3.63, 3.8) is 0 Å². The predicted molar refractivity (Wildman–Crippen MR) is 281 cm³/mol. The maximum atomic E-state index is 6.96. The molecule has 0 atom stereocenters. The van der Waals surface area contributed by atoms with Crippen molar-refractivity contribution in [3.8, 4) is 0 Å². The number of hydrogen-bond acceptors (Lipinski definition) is 4. The summed E-state index contributed by atoms with van der Waals surface area (Å²) >= 11 is 0. The molecule has 0 aliphatic carbocycles. The quantitative estimate of drug-likeness (QED) is 0.143. The lowest BCUT2D eigenvalue weighted by Crippen LogP contribution is -2.14. The molecule has 12 aromatic rings. The number of aryl methyl sites for hydroxylation is 4. The van der Waals surface area contributed by atoms with Gasteiger partial charge in [0.05, 0.1) is 22.7 Å². The fraction of sp³-hybridized carbons (Fsp3) is 0.161. The molecule has 0 bridgehead atoms. The third kappa shape index (κ3) is 5.83. The van der Waals surface area contributed by atoms with Crippen LogP contribution in [0.5, 0.6) is 0 Å². The van der Waals surface area contributed by atoms with Gasteiger partial charge in [-0.25, -0.2) is 0 Å². The molecular weight excluding hydrogens is 805 g/mol. The normalized spacial score (nSPS) is 12.2. The zero-order valence-corrected chi connectivity index (χ0v) is 38.9. The summed E-state index contributed by atoms with van der Waals surface area (Å²) in [7, 11) is 0. The third-order valence-corrected chi connectivity index (χ3v) is 14.2. The van der Waals surface area contributed by atoms with Gasteiger partial charge in [0.1, 0.15) is 11.2 Å². The van der Waals surface area contributed by atoms with Crippen LogP contribution in [0.15, 0.2) is 167 Å². The Morgan fingerprint density at radius 2 is 0.636 bits per heavy atom. The van der Waals surface area contributed by atoms with Crippen LogP contribution in [0.25, 0.3) is 76.2 Å². The maximum Gasteiger partial charge on any atom is 0.159 e. The van der Waals surface area contributed by atoms with Crippen LogP contribution in [0, 0.1) is 27.7 Å². The summed E-state index contributed by atoms with van der Waals surface area (Å²) in [6, 6.07) is 58.1. The minimum atomic E-state index is 0.248. The second-order valence-corrected chi connectivity index (χ2v) is 19.0. The van der Waals surface area contributed by atoms with Crippen molar-refractivity contribution < 1.29 is 8.83 Å². The number of furan rings is 2. The van der Waals surface area contributed by atoms with E-state index in [2.05, 4.69) is 223 Å². The number of anilines is 6. The monoisotopic (exact) mass is 856 g/mol. The number of para-hydroxylation sites is 6. The van der Waals surface area contributed by atoms with E-state index in [4.69, 9.17) is 8.83 Å². The summed E-state index contributed by atoms with van der Waals surface area (Å²) in [5.74, 6) is 0.497. The van der Waals surface area contributed by atoms with Crippen molar-refractivity contribution in [3.05, 3.63) is 191 Å². The minimum Gasteiger partial charge on any atom is -0.454 e. The van der Waals surface area contributed by atoms with Crippen LogP contribution in [0.1, 0.15) is 72.9 Å². The highest BCUT2D eigenvalue weighted by molar-refractivity contribution is 6.30. The van der Waals surface area contributed by atoms with Crippen molar-refractivity contribution in [1.82, 2.24) is 0 Å². The molecule has 0 amide bonds. The van der Waals surface area contributed by atoms with Gasteiger partial charge in [0, 0.05) is 43.7 Å². The van der Waals surface area contributed by atoms with E-state index in [9.17, 15) is 0 Å². The lowest BCUT2D eigenvalue weighted by Gasteiger charge is -2.32. The van der Waals surface area contributed by atoms with Crippen LogP contribution >= 0.6 is 0 Å². The second-order valence-electron chi connectivity index (χ2n) is 19.0. The molecule has 0 spiro atoms. The fourth-order valence-electron chi connectivity index (χ4n) is 11.0. The molecule has 0 radical (unpaired) electrons. The maximum absolute atomic E-state index is 6.96. The van der Waals surface area contributed by atoms with E-state index in [-0.39, 0.29) is 11.8 Å². The number of benzene rings is 10. The molecule has 2 aromatic heterocycles. The Hall–Kier alpha value is -7.56. The molecule has 0 aliphatic rings. The SMILES string of the molecule is Cc1ccccc1N(c1cc(C(C)C)c2ccc3c(N(c4ccccc4C)c4cccc5c4oc4c(C)cccc45)cc(C(C)C)c4ccc1c2c43)c1cccc2c1oc1c(C)cccc12. The third-order valence-electron chi connectivity index (χ3n) is 14.2. The topological polar surface area (TPSA) is 32.8 Å². The Labute approximate surface area is 385 Å². The molecule has 10 aromatic carbocycles. The van der Waals surface area contributed by atoms with E-state index in [0.29, 0.717) is 0 Å². The van der Waals surface area contributed by atoms with Crippen LogP contribution in [-0.4, -0.2) is 0 Å². The molecule has 4 heteroatoms. The van der Waals surface area contributed by atoms with Gasteiger partial charge in [-0.1, -0.05) is 149 Å². The minimum absolute atomic E-state index is 0.248. The lowest BCUT2D eigenvalue weighted by molar-refractivity contribution is 0.665. The molecule has 0 fully saturated rings. The van der Waals surface area contributed by atoms with E-state index < -0.39 is 0 Å². The summed E-state index contributed by atoms with van der Waals surface area (Å²) in [6.45, 7) is 18.0. The zero-order valence-electron chi connectivity index (χ0n) is 38.9. The summed E-state index contributed by atoms with van der Waals surface area (Å²) in [4.78, 5) is 4.95. The average molecular weight is 857 g/mol. The van der Waals surface area contributed by atoms with Crippen LogP contribution in [0.3, 0.4) is 0 Å². The molecule has 0 saturated carbocycles. The van der Waals surface area contributed by atoms with Gasteiger partial charge >= 0.3 is 0 Å². The van der Waals surface area contributed by atoms with Crippen LogP contribution in [0.4, 0.5) is 34.1 Å². The van der Waals surface area contributed by atoms with Crippen LogP contribution < -0.4 is 9.80 Å². The van der Waals surface area contributed by atoms with E-state index >= 15 is 0 Å². The summed E-state index contributed by atoms with van der Waals surface area (Å²) in [5, 5.41) is 12.0. The first kappa shape index (κ1) is 40.0. The smallest absolute Gasteiger partial charge is 0.159 e. The van der Waals surface area contributed by atoms with Gasteiger partial charge in [0.2, 0.25) is 0 Å². The Kier molecular flexibility index (Phi) is 9.09. The lowest BCUT2D eigenvalue weighted by atomic mass is 9.84. The largest absolute Gasteiger partial charge is 0.454 e. The average Bonchev–Trinajstić information content (AvgIpc) is 3.91. The van der Waals surface area contributed by atoms with Gasteiger partial charge in [-0.15, -0.1) is 0 Å². The Morgan fingerprint density at radius 3 is 1.03 bits per heavy atom. The summed E-state index contributed by atoms with van der Waals surface area (Å²) in [6.07, 6.45) is 0. The van der Waals surface area contributed by atoms with E-state index in [0.717, 1.165) is 89.1 Å². The number of hydrogen-bond donors (Lipinski definition) is 0. The second kappa shape index (κ2) is 15.0. The molecule has 2 heterocycles. The zero-order chi connectivity index (χ0) is 45.1. The highest BCUT2D eigenvalue weighted by Gasteiger charge is 2.29. The summed E-state index contributed by atoms with van der Waals surface area (Å²) in [5.41, 5.74) is 17.4. The number of fused-ring (bicyclic) bond motifs is 6. The van der Waals surface area contributed by atoms with E-state index in [1.165, 1.54) is 54.6 Å². The molecule has 0 N–H and O–H groups in total. The van der Waals surface area contributed by atoms with E-state index in [1.54, 1.807) is 0 Å². The Morgan fingerprint density at radius 1 is 0.303 bits per heavy atom. The molecule has 0 aliphatic heterocycles. The van der Waals surface area contributed by atoms with Gasteiger partial charge in [0.25, 0.3) is 0 Å². The molecule has 12 rings (SSSR count). The van der Waals surface area contributed by atoms with Crippen molar-refractivity contribution >= 4 is 110 Å². The Bertz CT molecular complexity index is 3650. The van der Waals surface area contributed by atoms with Crippen molar-refractivity contribution in [2.24, 2.45) is 0 Å². The van der Waals surface area contributed by atoms with Crippen molar-refractivity contribution in [2.75, 3.05) is 9.80 Å². The first-order valence-corrected chi connectivity index (χ1v) is 23.4. The molecular formula is C62H52N2O2. The highest BCUT2D eigenvalue weighted by Crippen LogP contribution is 2.53. The Balaban J connectivity index is 1.22. The van der Waals surface area contributed by atoms with Crippen molar-refractivity contribution in [2.45, 2.75) is 67.2 Å². The van der Waals surface area contributed by atoms with Gasteiger partial charge < -0.3 is 18.6 Å². The molecule has 322 valence electrons. The van der Waals surface area contributed by atoms with E-state index in [1.807, 2.05) is 0 Å². The fourth-order valence-corrected chi connectivity index (χ4v) is 11.0. The highest BCUT2D eigenvalue weighted by atomic mass is 16.3. The molecule has 0 unspecified atom stereocenters. The predicted octanol–water partition coefficient (Wildman–Crippen LogP) is 18.8. The number of rotatable bonds is 8. The standard InChI is InChI=1S/C62H52N2O2/c1-35(2)49-33-55(63(51-25-11-9-17-37(51)5)53-27-15-23-45-43-21-13-19-39(7)59(43)65-61(45)53)47-32-30-42-50(36(3)4)34-56(48-31-29-41(49)57(47)58(42)48)64(52-26-12-10-18-38(52)6)54-28-16-24-46-44-22-14-20-40(8)60(44)66-62(46)54/h9-36H,1-8H3. The van der Waals surface area contributed by atoms with Gasteiger partial charge in [-0.3, -0.25) is 0 Å². The van der Waals surface area contributed by atoms with Crippen molar-refractivity contribution in [1.29, 1.82) is 0 Å².